The molecule has 2 aromatic carbocycles. The van der Waals surface area contributed by atoms with Crippen molar-refractivity contribution in [1.29, 1.82) is 0 Å². The normalized spacial score (nSPS) is 13.5. The summed E-state index contributed by atoms with van der Waals surface area (Å²) in [5, 5.41) is 2.55. The first-order valence-electron chi connectivity index (χ1n) is 8.29. The molecule has 0 atom stereocenters. The van der Waals surface area contributed by atoms with Gasteiger partial charge in [-0.2, -0.15) is 21.6 Å². The third-order valence-electron chi connectivity index (χ3n) is 3.59. The van der Waals surface area contributed by atoms with Crippen molar-refractivity contribution >= 4 is 44.7 Å². The lowest BCUT2D eigenvalue weighted by atomic mass is 10.2. The number of carbonyl (C=O) groups excluding carboxylic acids is 1. The minimum absolute atomic E-state index is 0.152. The molecule has 0 aromatic heterocycles. The summed E-state index contributed by atoms with van der Waals surface area (Å²) in [5.74, 6) is -0.168. The first-order valence-corrected chi connectivity index (χ1v) is 10.5. The zero-order chi connectivity index (χ0) is 21.9. The number of ether oxygens (including phenoxy) is 1. The van der Waals surface area contributed by atoms with E-state index in [2.05, 4.69) is 15.0 Å². The van der Waals surface area contributed by atoms with Gasteiger partial charge in [0.25, 0.3) is 0 Å². The largest absolute Gasteiger partial charge is 0.450 e. The molecule has 1 aliphatic heterocycles. The Labute approximate surface area is 173 Å². The lowest BCUT2D eigenvalue weighted by Crippen LogP contribution is -2.30. The second-order valence-electron chi connectivity index (χ2n) is 5.71. The van der Waals surface area contributed by atoms with Crippen LogP contribution in [0, 0.1) is 0 Å². The van der Waals surface area contributed by atoms with Crippen LogP contribution < -0.4 is 14.2 Å². The summed E-state index contributed by atoms with van der Waals surface area (Å²) in [6.07, 6.45) is -5.41. The number of carbonyl (C=O) groups is 1. The third kappa shape index (κ3) is 5.16. The van der Waals surface area contributed by atoms with E-state index in [1.807, 2.05) is 0 Å². The monoisotopic (exact) mass is 461 g/mol. The van der Waals surface area contributed by atoms with Crippen LogP contribution in [-0.4, -0.2) is 26.3 Å². The number of rotatable bonds is 4. The first-order chi connectivity index (χ1) is 14.1. The number of hydrogen-bond donors (Lipinski definition) is 2. The Morgan fingerprint density at radius 2 is 2.00 bits per heavy atom. The summed E-state index contributed by atoms with van der Waals surface area (Å²) >= 11 is 1.00. The van der Waals surface area contributed by atoms with Crippen LogP contribution >= 0.6 is 11.9 Å². The molecule has 0 saturated heterocycles. The Kier molecular flexibility index (Phi) is 6.12. The molecule has 0 aliphatic carbocycles. The van der Waals surface area contributed by atoms with Gasteiger partial charge in [0.05, 0.1) is 23.5 Å². The number of benzene rings is 2. The fourth-order valence-electron chi connectivity index (χ4n) is 2.29. The van der Waals surface area contributed by atoms with E-state index in [0.717, 1.165) is 30.1 Å². The van der Waals surface area contributed by atoms with E-state index in [9.17, 15) is 26.4 Å². The second kappa shape index (κ2) is 8.44. The van der Waals surface area contributed by atoms with E-state index in [0.29, 0.717) is 11.8 Å². The highest BCUT2D eigenvalue weighted by atomic mass is 32.2. The van der Waals surface area contributed by atoms with Gasteiger partial charge in [-0.25, -0.2) is 9.79 Å². The van der Waals surface area contributed by atoms with Crippen LogP contribution in [0.15, 0.2) is 52.4 Å². The summed E-state index contributed by atoms with van der Waals surface area (Å²) in [6, 6.07) is 7.28. The van der Waals surface area contributed by atoms with Gasteiger partial charge >= 0.3 is 22.4 Å². The van der Waals surface area contributed by atoms with E-state index < -0.39 is 32.8 Å². The molecule has 0 bridgehead atoms. The molecule has 0 spiro atoms. The molecular formula is C17H14F3N3O5S2. The number of alkyl halides is 3. The predicted molar refractivity (Wildman–Crippen MR) is 104 cm³/mol. The van der Waals surface area contributed by atoms with Gasteiger partial charge in [-0.15, -0.1) is 0 Å². The summed E-state index contributed by atoms with van der Waals surface area (Å²) in [7, 11) is -4.53. The molecule has 0 saturated carbocycles. The predicted octanol–water partition coefficient (Wildman–Crippen LogP) is 4.28. The Bertz CT molecular complexity index is 1100. The summed E-state index contributed by atoms with van der Waals surface area (Å²) in [4.78, 5) is 15.0. The summed E-state index contributed by atoms with van der Waals surface area (Å²) in [6.45, 7) is 1.80. The standard InChI is InChI=1S/C17H14F3N3O5S2/c1-2-27-16(24)22-15-21-14-9-11(6-7-13(14)23-29-15)28-30(25,26)12-5-3-4-10(8-12)17(18,19)20/h3-9,23H,2H2,1H3,(H,21,22,24). The summed E-state index contributed by atoms with van der Waals surface area (Å²) in [5.41, 5.74) is -0.353. The van der Waals surface area contributed by atoms with Crippen LogP contribution in [0.1, 0.15) is 12.5 Å². The molecular weight excluding hydrogens is 447 g/mol. The maximum atomic E-state index is 12.8. The van der Waals surface area contributed by atoms with Gasteiger partial charge in [0, 0.05) is 18.0 Å². The molecule has 1 aliphatic rings. The topological polar surface area (TPSA) is 106 Å². The van der Waals surface area contributed by atoms with Gasteiger partial charge in [-0.3, -0.25) is 5.32 Å². The number of alkyl carbamates (subject to hydrolysis) is 1. The van der Waals surface area contributed by atoms with Crippen molar-refractivity contribution < 1.29 is 35.3 Å². The molecule has 0 fully saturated rings. The van der Waals surface area contributed by atoms with E-state index in [-0.39, 0.29) is 23.2 Å². The number of anilines is 1. The zero-order valence-electron chi connectivity index (χ0n) is 15.2. The molecule has 0 unspecified atom stereocenters. The van der Waals surface area contributed by atoms with Crippen molar-refractivity contribution in [3.63, 3.8) is 0 Å². The highest BCUT2D eigenvalue weighted by Gasteiger charge is 2.32. The number of fused-ring (bicyclic) bond motifs is 1. The lowest BCUT2D eigenvalue weighted by Gasteiger charge is -2.17. The van der Waals surface area contributed by atoms with Gasteiger partial charge in [-0.1, -0.05) is 6.07 Å². The number of halogens is 3. The van der Waals surface area contributed by atoms with Crippen LogP contribution in [0.4, 0.5) is 29.3 Å². The minimum atomic E-state index is -4.70. The van der Waals surface area contributed by atoms with Crippen LogP contribution in [0.3, 0.4) is 0 Å². The average molecular weight is 461 g/mol. The van der Waals surface area contributed by atoms with E-state index in [4.69, 9.17) is 8.92 Å². The van der Waals surface area contributed by atoms with Crippen molar-refractivity contribution in [2.75, 3.05) is 11.3 Å². The van der Waals surface area contributed by atoms with Gasteiger partial charge < -0.3 is 13.6 Å². The Hall–Kier alpha value is -2.93. The minimum Gasteiger partial charge on any atom is -0.450 e. The SMILES string of the molecule is CCOC(=O)NC1=Nc2cc(OS(=O)(=O)c3cccc(C(F)(F)F)c3)ccc2NS1. The maximum absolute atomic E-state index is 12.8. The van der Waals surface area contributed by atoms with Gasteiger partial charge in [-0.05, 0) is 37.3 Å². The average Bonchev–Trinajstić information content (AvgIpc) is 2.67. The van der Waals surface area contributed by atoms with E-state index in [1.165, 1.54) is 18.2 Å². The molecule has 30 heavy (non-hydrogen) atoms. The quantitative estimate of drug-likeness (QED) is 0.517. The van der Waals surface area contributed by atoms with E-state index >= 15 is 0 Å². The van der Waals surface area contributed by atoms with E-state index in [1.54, 1.807) is 6.92 Å². The van der Waals surface area contributed by atoms with Crippen molar-refractivity contribution in [1.82, 2.24) is 5.32 Å². The van der Waals surface area contributed by atoms with Crippen LogP contribution in [-0.2, 0) is 21.0 Å². The van der Waals surface area contributed by atoms with Crippen molar-refractivity contribution in [2.45, 2.75) is 18.0 Å². The lowest BCUT2D eigenvalue weighted by molar-refractivity contribution is -0.137. The fraction of sp³-hybridized carbons (Fsp3) is 0.176. The molecule has 2 N–H and O–H groups in total. The highest BCUT2D eigenvalue weighted by molar-refractivity contribution is 8.15. The summed E-state index contributed by atoms with van der Waals surface area (Å²) < 4.78 is 76.0. The fourth-order valence-corrected chi connectivity index (χ4v) is 3.92. The molecule has 0 radical (unpaired) electrons. The number of amides is 1. The number of amidine groups is 1. The molecule has 2 aromatic rings. The molecule has 1 heterocycles. The molecule has 3 rings (SSSR count). The van der Waals surface area contributed by atoms with Crippen LogP contribution in [0.5, 0.6) is 5.75 Å². The number of nitrogens with zero attached hydrogens (tertiary/aromatic N) is 1. The van der Waals surface area contributed by atoms with Crippen LogP contribution in [0.25, 0.3) is 0 Å². The van der Waals surface area contributed by atoms with Gasteiger partial charge in [0.15, 0.2) is 5.17 Å². The second-order valence-corrected chi connectivity index (χ2v) is 8.05. The first kappa shape index (κ1) is 21.8. The number of aliphatic imine (C=N–C) groups is 1. The van der Waals surface area contributed by atoms with Gasteiger partial charge in [0.2, 0.25) is 0 Å². The Balaban J connectivity index is 1.83. The molecule has 13 heteroatoms. The highest BCUT2D eigenvalue weighted by Crippen LogP contribution is 2.36. The van der Waals surface area contributed by atoms with Crippen molar-refractivity contribution in [3.05, 3.63) is 48.0 Å². The number of nitrogens with one attached hydrogen (secondary N) is 2. The van der Waals surface area contributed by atoms with Crippen LogP contribution in [0.2, 0.25) is 0 Å². The number of hydrogen-bond acceptors (Lipinski definition) is 8. The smallest absolute Gasteiger partial charge is 0.416 e. The Morgan fingerprint density at radius 3 is 2.70 bits per heavy atom. The third-order valence-corrected chi connectivity index (χ3v) is 5.54. The molecule has 1 amide bonds. The maximum Gasteiger partial charge on any atom is 0.416 e. The zero-order valence-corrected chi connectivity index (χ0v) is 16.8. The Morgan fingerprint density at radius 1 is 1.23 bits per heavy atom. The van der Waals surface area contributed by atoms with Crippen molar-refractivity contribution in [3.8, 4) is 5.75 Å². The van der Waals surface area contributed by atoms with Crippen molar-refractivity contribution in [2.24, 2.45) is 4.99 Å². The molecule has 8 nitrogen and oxygen atoms in total. The van der Waals surface area contributed by atoms with Gasteiger partial charge in [0.1, 0.15) is 10.6 Å². The molecule has 160 valence electrons.